The van der Waals surface area contributed by atoms with E-state index >= 15 is 0 Å². The van der Waals surface area contributed by atoms with Gasteiger partial charge in [0.05, 0.1) is 18.6 Å². The summed E-state index contributed by atoms with van der Waals surface area (Å²) in [6.45, 7) is -1.42. The molecular weight excluding hydrogens is 361 g/mol. The number of hydrogen-bond acceptors (Lipinski definition) is 5. The third-order valence-electron chi connectivity index (χ3n) is 4.89. The smallest absolute Gasteiger partial charge is 0.400 e. The van der Waals surface area contributed by atoms with E-state index in [4.69, 9.17) is 5.73 Å². The van der Waals surface area contributed by atoms with E-state index in [2.05, 4.69) is 20.6 Å². The van der Waals surface area contributed by atoms with Crippen LogP contribution in [-0.2, 0) is 4.79 Å². The molecule has 1 aromatic rings. The van der Waals surface area contributed by atoms with E-state index in [1.165, 1.54) is 0 Å². The summed E-state index contributed by atoms with van der Waals surface area (Å²) in [4.78, 5) is 18.7. The number of halogens is 3. The molecule has 0 atom stereocenters. The maximum atomic E-state index is 12.1. The highest BCUT2D eigenvalue weighted by Crippen LogP contribution is 2.34. The minimum Gasteiger partial charge on any atom is -0.400 e. The molecule has 3 rings (SSSR count). The number of allylic oxidation sites excluding steroid dienone is 1. The van der Waals surface area contributed by atoms with E-state index in [0.29, 0.717) is 0 Å². The molecule has 1 aromatic heterocycles. The molecule has 0 aromatic carbocycles. The summed E-state index contributed by atoms with van der Waals surface area (Å²) in [5, 5.41) is 8.01. The van der Waals surface area contributed by atoms with Gasteiger partial charge in [0.15, 0.2) is 0 Å². The number of aromatic amines is 1. The second-order valence-electron chi connectivity index (χ2n) is 6.79. The number of nitrogens with one attached hydrogen (secondary N) is 4. The first-order valence-electron chi connectivity index (χ1n) is 8.87. The lowest BCUT2D eigenvalue weighted by Crippen LogP contribution is -2.43. The van der Waals surface area contributed by atoms with Crippen molar-refractivity contribution in [1.82, 2.24) is 20.9 Å². The van der Waals surface area contributed by atoms with E-state index in [1.54, 1.807) is 6.34 Å². The van der Waals surface area contributed by atoms with Crippen LogP contribution >= 0.6 is 0 Å². The van der Waals surface area contributed by atoms with Crippen LogP contribution < -0.4 is 21.7 Å². The topological polar surface area (TPSA) is 107 Å². The Labute approximate surface area is 154 Å². The molecule has 148 valence electrons. The van der Waals surface area contributed by atoms with E-state index in [-0.39, 0.29) is 18.5 Å². The van der Waals surface area contributed by atoms with Crippen molar-refractivity contribution in [2.75, 3.05) is 13.1 Å². The molecule has 7 nitrogen and oxygen atoms in total. The van der Waals surface area contributed by atoms with Gasteiger partial charge in [-0.15, -0.1) is 0 Å². The molecule has 1 fully saturated rings. The zero-order chi connectivity index (χ0) is 19.4. The first-order chi connectivity index (χ1) is 12.8. The molecule has 6 N–H and O–H groups in total. The van der Waals surface area contributed by atoms with Gasteiger partial charge >= 0.3 is 6.18 Å². The van der Waals surface area contributed by atoms with Crippen LogP contribution in [0.1, 0.15) is 31.2 Å². The number of nitrogens with zero attached hydrogens (tertiary/aromatic N) is 1. The van der Waals surface area contributed by atoms with Crippen molar-refractivity contribution >= 4 is 23.8 Å². The quantitative estimate of drug-likeness (QED) is 0.533. The Morgan fingerprint density at radius 2 is 2.04 bits per heavy atom. The van der Waals surface area contributed by atoms with Gasteiger partial charge in [-0.1, -0.05) is 0 Å². The Morgan fingerprint density at radius 1 is 1.30 bits per heavy atom. The summed E-state index contributed by atoms with van der Waals surface area (Å²) < 4.78 is 36.3. The van der Waals surface area contributed by atoms with Crippen molar-refractivity contribution < 1.29 is 18.0 Å². The summed E-state index contributed by atoms with van der Waals surface area (Å²) in [5.41, 5.74) is 8.98. The number of aliphatic imine (C=N–C) groups is 1. The zero-order valence-electron chi connectivity index (χ0n) is 14.7. The number of aromatic nitrogens is 1. The van der Waals surface area contributed by atoms with Gasteiger partial charge in [0.25, 0.3) is 0 Å². The minimum atomic E-state index is -4.39. The van der Waals surface area contributed by atoms with E-state index < -0.39 is 18.6 Å². The highest BCUT2D eigenvalue weighted by Gasteiger charge is 2.29. The van der Waals surface area contributed by atoms with Crippen LogP contribution in [0.2, 0.25) is 0 Å². The number of hydrogen-bond donors (Lipinski definition) is 5. The molecule has 1 amide bonds. The third-order valence-corrected chi connectivity index (χ3v) is 4.89. The molecule has 2 heterocycles. The van der Waals surface area contributed by atoms with Crippen LogP contribution in [-0.4, -0.2) is 42.5 Å². The summed E-state index contributed by atoms with van der Waals surface area (Å²) >= 11 is 0. The van der Waals surface area contributed by atoms with Crippen LogP contribution in [0.3, 0.4) is 0 Å². The van der Waals surface area contributed by atoms with Crippen LogP contribution in [0.4, 0.5) is 19.0 Å². The van der Waals surface area contributed by atoms with Crippen molar-refractivity contribution in [2.45, 2.75) is 37.9 Å². The van der Waals surface area contributed by atoms with Crippen molar-refractivity contribution in [3.8, 4) is 0 Å². The lowest BCUT2D eigenvalue weighted by molar-refractivity contribution is -0.138. The average Bonchev–Trinajstić information content (AvgIpc) is 3.13. The van der Waals surface area contributed by atoms with Crippen molar-refractivity contribution in [2.24, 2.45) is 16.6 Å². The van der Waals surface area contributed by atoms with Gasteiger partial charge in [-0.3, -0.25) is 4.79 Å². The number of carbonyl (C=O) groups excluding carboxylic acids is 1. The zero-order valence-corrected chi connectivity index (χ0v) is 14.7. The predicted molar refractivity (Wildman–Crippen MR) is 96.0 cm³/mol. The summed E-state index contributed by atoms with van der Waals surface area (Å²) in [7, 11) is 0. The predicted octanol–water partition coefficient (Wildman–Crippen LogP) is 1.73. The van der Waals surface area contributed by atoms with Crippen molar-refractivity contribution in [1.29, 1.82) is 0 Å². The minimum absolute atomic E-state index is 0.0967. The molecule has 0 radical (unpaired) electrons. The van der Waals surface area contributed by atoms with Crippen LogP contribution in [0.25, 0.3) is 5.70 Å². The largest absolute Gasteiger partial charge is 0.405 e. The van der Waals surface area contributed by atoms with Gasteiger partial charge in [0.2, 0.25) is 5.91 Å². The standard InChI is InChI=1S/C17H23F3N6O/c18-17(19,20)8-24-13(27)7-23-11-3-1-10(2-4-11)14(21)15-12-5-6-22-16(12)26-9-25-15/h5-6,9-11,22-23H,1-4,7-8,21H2,(H,24,27)(H,25,26)/b15-14-. The van der Waals surface area contributed by atoms with Gasteiger partial charge in [-0.25, -0.2) is 4.99 Å². The Hall–Kier alpha value is -2.49. The molecule has 0 bridgehead atoms. The van der Waals surface area contributed by atoms with E-state index in [0.717, 1.165) is 48.5 Å². The number of rotatable bonds is 5. The normalized spacial score (nSPS) is 24.1. The third kappa shape index (κ3) is 5.03. The fraction of sp³-hybridized carbons (Fsp3) is 0.529. The number of carbonyl (C=O) groups is 1. The molecule has 10 heteroatoms. The highest BCUT2D eigenvalue weighted by atomic mass is 19.4. The average molecular weight is 384 g/mol. The Morgan fingerprint density at radius 3 is 2.74 bits per heavy atom. The molecule has 0 spiro atoms. The molecule has 1 aliphatic carbocycles. The Bertz CT molecular complexity index is 731. The molecule has 0 saturated heterocycles. The number of nitrogens with two attached hydrogens (primary N) is 1. The lowest BCUT2D eigenvalue weighted by atomic mass is 9.83. The second kappa shape index (κ2) is 8.03. The maximum absolute atomic E-state index is 12.1. The molecule has 1 aliphatic heterocycles. The van der Waals surface area contributed by atoms with Crippen LogP contribution in [0.15, 0.2) is 23.0 Å². The van der Waals surface area contributed by atoms with Gasteiger partial charge in [0.1, 0.15) is 12.4 Å². The Kier molecular flexibility index (Phi) is 5.73. The summed E-state index contributed by atoms with van der Waals surface area (Å²) in [5.74, 6) is 0.326. The number of alkyl halides is 3. The number of amides is 1. The molecule has 2 aliphatic rings. The fourth-order valence-corrected chi connectivity index (χ4v) is 3.46. The number of H-pyrrole nitrogens is 1. The molecule has 27 heavy (non-hydrogen) atoms. The maximum Gasteiger partial charge on any atom is 0.405 e. The monoisotopic (exact) mass is 384 g/mol. The first kappa shape index (κ1) is 19.3. The van der Waals surface area contributed by atoms with Gasteiger partial charge < -0.3 is 26.7 Å². The van der Waals surface area contributed by atoms with Crippen molar-refractivity contribution in [3.05, 3.63) is 23.5 Å². The summed E-state index contributed by atoms with van der Waals surface area (Å²) in [6, 6.07) is 2.02. The van der Waals surface area contributed by atoms with Gasteiger partial charge in [0, 0.05) is 29.4 Å². The van der Waals surface area contributed by atoms with Gasteiger partial charge in [-0.05, 0) is 31.7 Å². The van der Waals surface area contributed by atoms with Crippen molar-refractivity contribution in [3.63, 3.8) is 0 Å². The molecular formula is C17H23F3N6O. The molecule has 0 unspecified atom stereocenters. The van der Waals surface area contributed by atoms with E-state index in [1.807, 2.05) is 17.6 Å². The highest BCUT2D eigenvalue weighted by molar-refractivity contribution is 5.87. The van der Waals surface area contributed by atoms with Crippen LogP contribution in [0.5, 0.6) is 0 Å². The fourth-order valence-electron chi connectivity index (χ4n) is 3.46. The number of fused-ring (bicyclic) bond motifs is 1. The molecule has 1 saturated carbocycles. The van der Waals surface area contributed by atoms with Crippen LogP contribution in [0, 0.1) is 5.92 Å². The SMILES string of the molecule is N/C(=C1\NC=Nc2[nH]ccc21)C1CCC(NCC(=O)NCC(F)(F)F)CC1. The van der Waals surface area contributed by atoms with Gasteiger partial charge in [-0.2, -0.15) is 13.2 Å². The summed E-state index contributed by atoms with van der Waals surface area (Å²) in [6.07, 6.45) is 2.32. The Balaban J connectivity index is 1.47. The lowest BCUT2D eigenvalue weighted by Gasteiger charge is -2.30. The first-order valence-corrected chi connectivity index (χ1v) is 8.87. The second-order valence-corrected chi connectivity index (χ2v) is 6.79. The van der Waals surface area contributed by atoms with E-state index in [9.17, 15) is 18.0 Å².